The van der Waals surface area contributed by atoms with Crippen LogP contribution < -0.4 is 15.4 Å². The van der Waals surface area contributed by atoms with E-state index in [4.69, 9.17) is 9.73 Å². The number of methoxy groups -OCH3 is 1. The van der Waals surface area contributed by atoms with Crippen LogP contribution in [0.3, 0.4) is 0 Å². The van der Waals surface area contributed by atoms with Crippen molar-refractivity contribution in [1.82, 2.24) is 25.4 Å². The highest BCUT2D eigenvalue weighted by Crippen LogP contribution is 2.42. The third-order valence-corrected chi connectivity index (χ3v) is 5.78. The quantitative estimate of drug-likeness (QED) is 0.297. The summed E-state index contributed by atoms with van der Waals surface area (Å²) in [5.74, 6) is 2.80. The van der Waals surface area contributed by atoms with Crippen molar-refractivity contribution in [2.24, 2.45) is 4.99 Å². The second-order valence-electron chi connectivity index (χ2n) is 7.64. The molecule has 2 aromatic rings. The molecule has 1 aliphatic rings. The van der Waals surface area contributed by atoms with Crippen LogP contribution in [0.15, 0.2) is 35.6 Å². The van der Waals surface area contributed by atoms with Crippen LogP contribution in [0.2, 0.25) is 0 Å². The van der Waals surface area contributed by atoms with Crippen molar-refractivity contribution in [3.8, 4) is 5.75 Å². The zero-order chi connectivity index (χ0) is 20.5. The first-order valence-electron chi connectivity index (χ1n) is 10.7. The fraction of sp³-hybridized carbons (Fsp3) is 0.591. The van der Waals surface area contributed by atoms with E-state index in [2.05, 4.69) is 57.4 Å². The van der Waals surface area contributed by atoms with Gasteiger partial charge < -0.3 is 19.9 Å². The van der Waals surface area contributed by atoms with Gasteiger partial charge in [-0.3, -0.25) is 4.99 Å². The standard InChI is InChI=1S/C22H34N6O.HI/c1-4-20-27-26-17-28(20)14-13-24-21(23-5-2)25-16-22(11-6-7-12-22)18-9-8-10-19(15-18)29-3;/h8-10,15,17H,4-7,11-14,16H2,1-3H3,(H2,23,24,25);1H. The number of aryl methyl sites for hydroxylation is 1. The predicted molar refractivity (Wildman–Crippen MR) is 132 cm³/mol. The average molecular weight is 526 g/mol. The molecule has 30 heavy (non-hydrogen) atoms. The summed E-state index contributed by atoms with van der Waals surface area (Å²) >= 11 is 0. The maximum Gasteiger partial charge on any atom is 0.191 e. The van der Waals surface area contributed by atoms with Crippen LogP contribution in [-0.4, -0.2) is 47.5 Å². The van der Waals surface area contributed by atoms with Gasteiger partial charge in [0, 0.05) is 31.5 Å². The summed E-state index contributed by atoms with van der Waals surface area (Å²) < 4.78 is 7.55. The fourth-order valence-corrected chi connectivity index (χ4v) is 4.15. The van der Waals surface area contributed by atoms with Crippen molar-refractivity contribution >= 4 is 29.9 Å². The van der Waals surface area contributed by atoms with Crippen LogP contribution in [0.25, 0.3) is 0 Å². The Morgan fingerprint density at radius 3 is 2.73 bits per heavy atom. The fourth-order valence-electron chi connectivity index (χ4n) is 4.15. The molecule has 0 aliphatic heterocycles. The molecule has 0 amide bonds. The number of benzene rings is 1. The number of aromatic nitrogens is 3. The first-order chi connectivity index (χ1) is 14.2. The topological polar surface area (TPSA) is 76.4 Å². The molecule has 1 aromatic heterocycles. The van der Waals surface area contributed by atoms with E-state index in [0.717, 1.165) is 50.1 Å². The van der Waals surface area contributed by atoms with Crippen molar-refractivity contribution in [2.75, 3.05) is 26.7 Å². The molecular weight excluding hydrogens is 491 g/mol. The summed E-state index contributed by atoms with van der Waals surface area (Å²) in [6.45, 7) is 7.41. The van der Waals surface area contributed by atoms with Gasteiger partial charge in [-0.05, 0) is 37.5 Å². The maximum atomic E-state index is 5.46. The van der Waals surface area contributed by atoms with Crippen LogP contribution in [0, 0.1) is 0 Å². The van der Waals surface area contributed by atoms with Gasteiger partial charge in [-0.2, -0.15) is 0 Å². The second kappa shape index (κ2) is 12.1. The molecule has 1 aliphatic carbocycles. The van der Waals surface area contributed by atoms with E-state index in [1.54, 1.807) is 13.4 Å². The molecule has 0 spiro atoms. The molecule has 1 saturated carbocycles. The number of hydrogen-bond donors (Lipinski definition) is 2. The van der Waals surface area contributed by atoms with E-state index in [-0.39, 0.29) is 29.4 Å². The molecular formula is C22H35IN6O. The largest absolute Gasteiger partial charge is 0.497 e. The second-order valence-corrected chi connectivity index (χ2v) is 7.64. The van der Waals surface area contributed by atoms with Gasteiger partial charge in [0.15, 0.2) is 5.96 Å². The van der Waals surface area contributed by atoms with E-state index in [1.165, 1.54) is 31.2 Å². The van der Waals surface area contributed by atoms with E-state index >= 15 is 0 Å². The van der Waals surface area contributed by atoms with E-state index in [1.807, 2.05) is 6.07 Å². The number of guanidine groups is 1. The molecule has 0 saturated heterocycles. The lowest BCUT2D eigenvalue weighted by atomic mass is 9.79. The first-order valence-corrected chi connectivity index (χ1v) is 10.7. The van der Waals surface area contributed by atoms with Crippen LogP contribution in [-0.2, 0) is 18.4 Å². The average Bonchev–Trinajstić information content (AvgIpc) is 3.42. The number of aliphatic imine (C=N–C) groups is 1. The Balaban J connectivity index is 0.00000320. The molecule has 0 atom stereocenters. The van der Waals surface area contributed by atoms with Gasteiger partial charge in [0.2, 0.25) is 0 Å². The summed E-state index contributed by atoms with van der Waals surface area (Å²) in [7, 11) is 1.73. The Bertz CT molecular complexity index is 800. The Morgan fingerprint density at radius 1 is 1.23 bits per heavy atom. The van der Waals surface area contributed by atoms with Gasteiger partial charge in [0.25, 0.3) is 0 Å². The highest BCUT2D eigenvalue weighted by molar-refractivity contribution is 14.0. The maximum absolute atomic E-state index is 5.46. The van der Waals surface area contributed by atoms with Crippen molar-refractivity contribution < 1.29 is 4.74 Å². The first kappa shape index (κ1) is 24.4. The number of hydrogen-bond acceptors (Lipinski definition) is 4. The summed E-state index contributed by atoms with van der Waals surface area (Å²) in [6, 6.07) is 8.50. The minimum atomic E-state index is 0. The molecule has 8 heteroatoms. The van der Waals surface area contributed by atoms with Crippen LogP contribution in [0.5, 0.6) is 5.75 Å². The molecule has 3 rings (SSSR count). The number of rotatable bonds is 9. The molecule has 166 valence electrons. The van der Waals surface area contributed by atoms with Gasteiger partial charge in [-0.15, -0.1) is 34.2 Å². The highest BCUT2D eigenvalue weighted by Gasteiger charge is 2.35. The third-order valence-electron chi connectivity index (χ3n) is 5.78. The molecule has 0 bridgehead atoms. The summed E-state index contributed by atoms with van der Waals surface area (Å²) in [6.07, 6.45) is 7.53. The van der Waals surface area contributed by atoms with Crippen molar-refractivity contribution in [3.63, 3.8) is 0 Å². The number of ether oxygens (including phenoxy) is 1. The minimum Gasteiger partial charge on any atom is -0.497 e. The lowest BCUT2D eigenvalue weighted by Gasteiger charge is -2.28. The van der Waals surface area contributed by atoms with Crippen molar-refractivity contribution in [1.29, 1.82) is 0 Å². The number of nitrogens with one attached hydrogen (secondary N) is 2. The van der Waals surface area contributed by atoms with Gasteiger partial charge in [0.1, 0.15) is 17.9 Å². The molecule has 1 aromatic carbocycles. The normalized spacial score (nSPS) is 15.5. The van der Waals surface area contributed by atoms with Crippen LogP contribution in [0.1, 0.15) is 50.9 Å². The van der Waals surface area contributed by atoms with Gasteiger partial charge in [0.05, 0.1) is 13.7 Å². The molecule has 2 N–H and O–H groups in total. The monoisotopic (exact) mass is 526 g/mol. The van der Waals surface area contributed by atoms with E-state index in [0.29, 0.717) is 0 Å². The van der Waals surface area contributed by atoms with E-state index < -0.39 is 0 Å². The number of nitrogens with zero attached hydrogens (tertiary/aromatic N) is 4. The summed E-state index contributed by atoms with van der Waals surface area (Å²) in [4.78, 5) is 4.97. The molecule has 1 fully saturated rings. The lowest BCUT2D eigenvalue weighted by Crippen LogP contribution is -2.40. The Hall–Kier alpha value is -1.84. The smallest absolute Gasteiger partial charge is 0.191 e. The van der Waals surface area contributed by atoms with Gasteiger partial charge in [-0.1, -0.05) is 31.9 Å². The lowest BCUT2D eigenvalue weighted by molar-refractivity contribution is 0.407. The Labute approximate surface area is 197 Å². The van der Waals surface area contributed by atoms with Crippen molar-refractivity contribution in [2.45, 2.75) is 57.9 Å². The molecule has 1 heterocycles. The van der Waals surface area contributed by atoms with Gasteiger partial charge in [-0.25, -0.2) is 0 Å². The molecule has 0 unspecified atom stereocenters. The SMILES string of the molecule is CCNC(=NCC1(c2cccc(OC)c2)CCCC1)NCCn1cnnc1CC.I. The highest BCUT2D eigenvalue weighted by atomic mass is 127. The predicted octanol–water partition coefficient (Wildman–Crippen LogP) is 3.53. The molecule has 7 nitrogen and oxygen atoms in total. The Morgan fingerprint density at radius 2 is 2.03 bits per heavy atom. The zero-order valence-electron chi connectivity index (χ0n) is 18.4. The zero-order valence-corrected chi connectivity index (χ0v) is 20.7. The number of halogens is 1. The third kappa shape index (κ3) is 6.09. The van der Waals surface area contributed by atoms with E-state index in [9.17, 15) is 0 Å². The van der Waals surface area contributed by atoms with Crippen molar-refractivity contribution in [3.05, 3.63) is 42.0 Å². The summed E-state index contributed by atoms with van der Waals surface area (Å²) in [5, 5.41) is 15.0. The van der Waals surface area contributed by atoms with Gasteiger partial charge >= 0.3 is 0 Å². The summed E-state index contributed by atoms with van der Waals surface area (Å²) in [5.41, 5.74) is 1.44. The van der Waals surface area contributed by atoms with Crippen LogP contribution in [0.4, 0.5) is 0 Å². The van der Waals surface area contributed by atoms with Crippen LogP contribution >= 0.6 is 24.0 Å². The Kier molecular flexibility index (Phi) is 9.87. The minimum absolute atomic E-state index is 0. The molecule has 0 radical (unpaired) electrons.